The summed E-state index contributed by atoms with van der Waals surface area (Å²) in [6, 6.07) is 3.41. The highest BCUT2D eigenvalue weighted by atomic mass is 32.2. The second-order valence-corrected chi connectivity index (χ2v) is 9.00. The van der Waals surface area contributed by atoms with Crippen molar-refractivity contribution in [2.24, 2.45) is 0 Å². The number of nitrogens with one attached hydrogen (secondary N) is 2. The van der Waals surface area contributed by atoms with Gasteiger partial charge in [-0.05, 0) is 37.1 Å². The Morgan fingerprint density at radius 1 is 1.00 bits per heavy atom. The number of hydrogen-bond acceptors (Lipinski definition) is 5. The monoisotopic (exact) mass is 392 g/mol. The van der Waals surface area contributed by atoms with Crippen molar-refractivity contribution < 1.29 is 26.7 Å². The van der Waals surface area contributed by atoms with Crippen molar-refractivity contribution in [2.75, 3.05) is 6.54 Å². The van der Waals surface area contributed by atoms with Gasteiger partial charge >= 0.3 is 5.97 Å². The number of rotatable bonds is 11. The van der Waals surface area contributed by atoms with Gasteiger partial charge in [-0.15, -0.1) is 0 Å². The Morgan fingerprint density at radius 3 is 1.96 bits per heavy atom. The van der Waals surface area contributed by atoms with Crippen LogP contribution in [-0.4, -0.2) is 40.5 Å². The van der Waals surface area contributed by atoms with Crippen LogP contribution in [0.5, 0.6) is 0 Å². The van der Waals surface area contributed by atoms with Crippen LogP contribution in [0.15, 0.2) is 34.1 Å². The number of unbranched alkanes of at least 4 members (excludes halogenated alkanes) is 1. The molecular formula is C15H24N2O6S2. The Bertz CT molecular complexity index is 773. The van der Waals surface area contributed by atoms with E-state index in [0.717, 1.165) is 18.6 Å². The van der Waals surface area contributed by atoms with Gasteiger partial charge in [0.05, 0.1) is 9.79 Å². The van der Waals surface area contributed by atoms with Crippen LogP contribution >= 0.6 is 0 Å². The van der Waals surface area contributed by atoms with Crippen molar-refractivity contribution in [3.63, 3.8) is 0 Å². The maximum absolute atomic E-state index is 12.3. The number of carboxylic acids is 1. The first-order valence-corrected chi connectivity index (χ1v) is 11.0. The predicted molar refractivity (Wildman–Crippen MR) is 93.2 cm³/mol. The normalized spacial score (nSPS) is 13.5. The lowest BCUT2D eigenvalue weighted by molar-refractivity contribution is -0.139. The third-order valence-electron chi connectivity index (χ3n) is 3.43. The zero-order valence-electron chi connectivity index (χ0n) is 14.2. The SMILES string of the molecule is CCCC[C@H](NS(=O)(=O)c1ccc(S(=O)(=O)NCCC)cc1)C(=O)O. The van der Waals surface area contributed by atoms with Crippen LogP contribution in [0, 0.1) is 0 Å². The molecular weight excluding hydrogens is 368 g/mol. The highest BCUT2D eigenvalue weighted by molar-refractivity contribution is 7.90. The molecule has 3 N–H and O–H groups in total. The molecule has 0 aliphatic rings. The van der Waals surface area contributed by atoms with E-state index in [-0.39, 0.29) is 22.8 Å². The third kappa shape index (κ3) is 6.38. The molecule has 0 radical (unpaired) electrons. The summed E-state index contributed by atoms with van der Waals surface area (Å²) in [6.45, 7) is 3.97. The Kier molecular flexibility index (Phi) is 8.00. The number of aliphatic carboxylic acids is 1. The lowest BCUT2D eigenvalue weighted by atomic mass is 10.1. The first kappa shape index (κ1) is 21.6. The Hall–Kier alpha value is -1.49. The van der Waals surface area contributed by atoms with E-state index in [1.165, 1.54) is 12.1 Å². The fraction of sp³-hybridized carbons (Fsp3) is 0.533. The van der Waals surface area contributed by atoms with Crippen LogP contribution in [0.4, 0.5) is 0 Å². The fourth-order valence-electron chi connectivity index (χ4n) is 2.01. The summed E-state index contributed by atoms with van der Waals surface area (Å²) in [7, 11) is -7.75. The molecule has 0 amide bonds. The molecule has 0 aliphatic carbocycles. The van der Waals surface area contributed by atoms with Crippen molar-refractivity contribution in [3.8, 4) is 0 Å². The molecule has 25 heavy (non-hydrogen) atoms. The summed E-state index contributed by atoms with van der Waals surface area (Å²) in [6.07, 6.45) is 2.12. The maximum Gasteiger partial charge on any atom is 0.321 e. The van der Waals surface area contributed by atoms with Crippen LogP contribution in [0.1, 0.15) is 39.5 Å². The molecule has 142 valence electrons. The van der Waals surface area contributed by atoms with Gasteiger partial charge < -0.3 is 5.11 Å². The highest BCUT2D eigenvalue weighted by Gasteiger charge is 2.25. The van der Waals surface area contributed by atoms with Crippen molar-refractivity contribution in [1.82, 2.24) is 9.44 Å². The lowest BCUT2D eigenvalue weighted by Crippen LogP contribution is -2.40. The Balaban J connectivity index is 2.97. The fourth-order valence-corrected chi connectivity index (χ4v) is 4.37. The Labute approximate surface area is 148 Å². The molecule has 0 saturated heterocycles. The molecule has 8 nitrogen and oxygen atoms in total. The van der Waals surface area contributed by atoms with Gasteiger partial charge in [-0.2, -0.15) is 4.72 Å². The van der Waals surface area contributed by atoms with Gasteiger partial charge in [-0.25, -0.2) is 21.6 Å². The zero-order valence-corrected chi connectivity index (χ0v) is 15.9. The number of hydrogen-bond donors (Lipinski definition) is 3. The summed E-state index contributed by atoms with van der Waals surface area (Å²) in [5.74, 6) is -1.25. The minimum atomic E-state index is -4.06. The molecule has 0 aromatic heterocycles. The van der Waals surface area contributed by atoms with Crippen molar-refractivity contribution in [3.05, 3.63) is 24.3 Å². The largest absolute Gasteiger partial charge is 0.480 e. The van der Waals surface area contributed by atoms with E-state index in [1.807, 2.05) is 13.8 Å². The average Bonchev–Trinajstić information content (AvgIpc) is 2.56. The van der Waals surface area contributed by atoms with Gasteiger partial charge in [-0.3, -0.25) is 4.79 Å². The number of carbonyl (C=O) groups is 1. The molecule has 1 rings (SSSR count). The molecule has 0 fully saturated rings. The van der Waals surface area contributed by atoms with Crippen LogP contribution in [0.3, 0.4) is 0 Å². The van der Waals surface area contributed by atoms with Crippen molar-refractivity contribution in [2.45, 2.75) is 55.4 Å². The van der Waals surface area contributed by atoms with E-state index in [0.29, 0.717) is 12.8 Å². The molecule has 0 heterocycles. The summed E-state index contributed by atoms with van der Waals surface area (Å²) >= 11 is 0. The first-order valence-electron chi connectivity index (χ1n) is 7.99. The second kappa shape index (κ2) is 9.27. The van der Waals surface area contributed by atoms with Gasteiger partial charge in [0, 0.05) is 6.54 Å². The molecule has 0 unspecified atom stereocenters. The van der Waals surface area contributed by atoms with Gasteiger partial charge in [0.25, 0.3) is 0 Å². The number of benzene rings is 1. The quantitative estimate of drug-likeness (QED) is 0.520. The molecule has 0 bridgehead atoms. The number of sulfonamides is 2. The van der Waals surface area contributed by atoms with E-state index in [9.17, 15) is 21.6 Å². The standard InChI is InChI=1S/C15H24N2O6S2/c1-3-5-6-14(15(18)19)17-25(22,23)13-9-7-12(8-10-13)24(20,21)16-11-4-2/h7-10,14,16-17H,3-6,11H2,1-2H3,(H,18,19)/t14-/m0/s1. The van der Waals surface area contributed by atoms with Crippen molar-refractivity contribution in [1.29, 1.82) is 0 Å². The molecule has 0 saturated carbocycles. The zero-order chi connectivity index (χ0) is 19.1. The van der Waals surface area contributed by atoms with Gasteiger partial charge in [0.1, 0.15) is 6.04 Å². The topological polar surface area (TPSA) is 130 Å². The van der Waals surface area contributed by atoms with E-state index < -0.39 is 32.1 Å². The van der Waals surface area contributed by atoms with Gasteiger partial charge in [0.15, 0.2) is 0 Å². The van der Waals surface area contributed by atoms with Crippen LogP contribution in [0.2, 0.25) is 0 Å². The predicted octanol–water partition coefficient (Wildman–Crippen LogP) is 1.30. The third-order valence-corrected chi connectivity index (χ3v) is 6.39. The maximum atomic E-state index is 12.3. The second-order valence-electron chi connectivity index (χ2n) is 5.52. The summed E-state index contributed by atoms with van der Waals surface area (Å²) in [4.78, 5) is 10.9. The highest BCUT2D eigenvalue weighted by Crippen LogP contribution is 2.15. The molecule has 1 aromatic carbocycles. The summed E-state index contributed by atoms with van der Waals surface area (Å²) in [5, 5.41) is 9.13. The molecule has 1 atom stereocenters. The van der Waals surface area contributed by atoms with Gasteiger partial charge in [-0.1, -0.05) is 26.7 Å². The molecule has 1 aromatic rings. The van der Waals surface area contributed by atoms with E-state index >= 15 is 0 Å². The summed E-state index contributed by atoms with van der Waals surface area (Å²) < 4.78 is 53.1. The van der Waals surface area contributed by atoms with Crippen LogP contribution in [-0.2, 0) is 24.8 Å². The average molecular weight is 392 g/mol. The van der Waals surface area contributed by atoms with E-state index in [4.69, 9.17) is 5.11 Å². The van der Waals surface area contributed by atoms with Crippen molar-refractivity contribution >= 4 is 26.0 Å². The minimum absolute atomic E-state index is 0.0549. The van der Waals surface area contributed by atoms with Crippen LogP contribution in [0.25, 0.3) is 0 Å². The Morgan fingerprint density at radius 2 is 1.52 bits per heavy atom. The molecule has 10 heteroatoms. The minimum Gasteiger partial charge on any atom is -0.480 e. The smallest absolute Gasteiger partial charge is 0.321 e. The van der Waals surface area contributed by atoms with E-state index in [1.54, 1.807) is 0 Å². The summed E-state index contributed by atoms with van der Waals surface area (Å²) in [5.41, 5.74) is 0. The van der Waals surface area contributed by atoms with Crippen LogP contribution < -0.4 is 9.44 Å². The van der Waals surface area contributed by atoms with E-state index in [2.05, 4.69) is 9.44 Å². The van der Waals surface area contributed by atoms with Gasteiger partial charge in [0.2, 0.25) is 20.0 Å². The lowest BCUT2D eigenvalue weighted by Gasteiger charge is -2.14. The molecule has 0 aliphatic heterocycles. The first-order chi connectivity index (χ1) is 11.6. The molecule has 0 spiro atoms. The number of carboxylic acid groups (broad SMARTS) is 1.